The van der Waals surface area contributed by atoms with Crippen LogP contribution in [0.1, 0.15) is 56.3 Å². The van der Waals surface area contributed by atoms with E-state index in [-0.39, 0.29) is 12.0 Å². The van der Waals surface area contributed by atoms with Crippen LogP contribution in [-0.2, 0) is 0 Å². The Hall–Kier alpha value is -1.28. The maximum atomic E-state index is 9.70. The van der Waals surface area contributed by atoms with E-state index >= 15 is 0 Å². The van der Waals surface area contributed by atoms with Gasteiger partial charge in [0.2, 0.25) is 0 Å². The Balaban J connectivity index is 1.62. The minimum absolute atomic E-state index is 0.238. The van der Waals surface area contributed by atoms with E-state index in [1.165, 1.54) is 43.2 Å². The van der Waals surface area contributed by atoms with Crippen LogP contribution in [0.3, 0.4) is 0 Å². The average Bonchev–Trinajstić information content (AvgIpc) is 3.09. The molecule has 1 spiro atoms. The highest BCUT2D eigenvalue weighted by Gasteiger charge is 2.59. The Labute approximate surface area is 131 Å². The van der Waals surface area contributed by atoms with Gasteiger partial charge >= 0.3 is 0 Å². The molecule has 1 aromatic heterocycles. The molecule has 0 amide bonds. The number of furan rings is 1. The minimum Gasteiger partial charge on any atom is -0.465 e. The van der Waals surface area contributed by atoms with Crippen LogP contribution in [0.2, 0.25) is 0 Å². The van der Waals surface area contributed by atoms with Crippen LogP contribution >= 0.6 is 0 Å². The third-order valence-electron chi connectivity index (χ3n) is 7.40. The number of allylic oxidation sites excluding steroid dienone is 2. The normalized spacial score (nSPS) is 45.0. The third kappa shape index (κ3) is 1.45. The first kappa shape index (κ1) is 13.2. The number of fused-ring (bicyclic) bond motifs is 5. The number of aliphatic hydroxyl groups excluding tert-OH is 1. The summed E-state index contributed by atoms with van der Waals surface area (Å²) in [6.07, 6.45) is 15.4. The molecule has 2 bridgehead atoms. The van der Waals surface area contributed by atoms with Crippen LogP contribution in [0.5, 0.6) is 0 Å². The Morgan fingerprint density at radius 1 is 1.32 bits per heavy atom. The zero-order valence-electron chi connectivity index (χ0n) is 13.2. The molecule has 0 saturated heterocycles. The van der Waals surface area contributed by atoms with Gasteiger partial charge in [-0.05, 0) is 78.4 Å². The smallest absolute Gasteiger partial charge is 0.129 e. The summed E-state index contributed by atoms with van der Waals surface area (Å²) in [7, 11) is 0. The molecule has 2 saturated carbocycles. The van der Waals surface area contributed by atoms with Gasteiger partial charge in [-0.15, -0.1) is 0 Å². The summed E-state index contributed by atoms with van der Waals surface area (Å²) < 4.78 is 5.65. The Morgan fingerprint density at radius 3 is 3.09 bits per heavy atom. The van der Waals surface area contributed by atoms with Crippen molar-refractivity contribution in [2.24, 2.45) is 22.7 Å². The summed E-state index contributed by atoms with van der Waals surface area (Å²) in [5.41, 5.74) is 3.33. The van der Waals surface area contributed by atoms with Gasteiger partial charge in [0, 0.05) is 5.56 Å². The molecule has 1 N–H and O–H groups in total. The fraction of sp³-hybridized carbons (Fsp3) is 0.600. The summed E-state index contributed by atoms with van der Waals surface area (Å²) >= 11 is 0. The van der Waals surface area contributed by atoms with Crippen LogP contribution < -0.4 is 0 Å². The van der Waals surface area contributed by atoms with E-state index in [0.29, 0.717) is 23.2 Å². The van der Waals surface area contributed by atoms with E-state index in [2.05, 4.69) is 31.2 Å². The van der Waals surface area contributed by atoms with Gasteiger partial charge < -0.3 is 9.52 Å². The van der Waals surface area contributed by atoms with Gasteiger partial charge in [0.25, 0.3) is 0 Å². The zero-order chi connectivity index (χ0) is 14.9. The van der Waals surface area contributed by atoms with Crippen LogP contribution in [0.4, 0.5) is 0 Å². The first-order valence-corrected chi connectivity index (χ1v) is 8.75. The van der Waals surface area contributed by atoms with Crippen molar-refractivity contribution < 1.29 is 9.52 Å². The van der Waals surface area contributed by atoms with Crippen LogP contribution in [0.15, 0.2) is 34.5 Å². The summed E-state index contributed by atoms with van der Waals surface area (Å²) in [4.78, 5) is 0. The van der Waals surface area contributed by atoms with Gasteiger partial charge in [0.1, 0.15) is 5.76 Å². The van der Waals surface area contributed by atoms with Crippen LogP contribution in [0.25, 0.3) is 6.08 Å². The Kier molecular flexibility index (Phi) is 2.50. The van der Waals surface area contributed by atoms with Crippen molar-refractivity contribution in [1.82, 2.24) is 0 Å². The fourth-order valence-electron chi connectivity index (χ4n) is 6.47. The molecule has 0 aromatic carbocycles. The molecule has 4 aliphatic rings. The number of hydrogen-bond donors (Lipinski definition) is 1. The molecule has 2 heteroatoms. The van der Waals surface area contributed by atoms with Crippen molar-refractivity contribution in [1.29, 1.82) is 0 Å². The molecular weight excluding hydrogens is 272 g/mol. The molecule has 1 heterocycles. The molecule has 5 rings (SSSR count). The topological polar surface area (TPSA) is 33.4 Å². The van der Waals surface area contributed by atoms with E-state index in [9.17, 15) is 5.11 Å². The van der Waals surface area contributed by atoms with Crippen LogP contribution in [0, 0.1) is 22.7 Å². The SMILES string of the molecule is CC12C=Cc3occc3C1CCC13C=C(CO)C(CCC12)C3. The molecule has 5 unspecified atom stereocenters. The quantitative estimate of drug-likeness (QED) is 0.773. The van der Waals surface area contributed by atoms with Crippen molar-refractivity contribution in [3.8, 4) is 0 Å². The second-order valence-corrected chi connectivity index (χ2v) is 8.17. The summed E-state index contributed by atoms with van der Waals surface area (Å²) in [5, 5.41) is 9.70. The summed E-state index contributed by atoms with van der Waals surface area (Å²) in [5.74, 6) is 3.03. The van der Waals surface area contributed by atoms with Crippen molar-refractivity contribution in [3.63, 3.8) is 0 Å². The monoisotopic (exact) mass is 296 g/mol. The van der Waals surface area contributed by atoms with Crippen LogP contribution in [-0.4, -0.2) is 11.7 Å². The van der Waals surface area contributed by atoms with Crippen molar-refractivity contribution in [2.75, 3.05) is 6.61 Å². The third-order valence-corrected chi connectivity index (χ3v) is 7.40. The predicted octanol–water partition coefficient (Wildman–Crippen LogP) is 4.53. The highest BCUT2D eigenvalue weighted by atomic mass is 16.3. The van der Waals surface area contributed by atoms with Gasteiger partial charge in [-0.1, -0.05) is 19.1 Å². The number of hydrogen-bond acceptors (Lipinski definition) is 2. The maximum absolute atomic E-state index is 9.70. The number of aliphatic hydroxyl groups is 1. The molecule has 5 atom stereocenters. The predicted molar refractivity (Wildman–Crippen MR) is 86.3 cm³/mol. The molecule has 22 heavy (non-hydrogen) atoms. The second kappa shape index (κ2) is 4.17. The number of rotatable bonds is 1. The van der Waals surface area contributed by atoms with E-state index in [1.807, 2.05) is 6.26 Å². The van der Waals surface area contributed by atoms with E-state index in [1.54, 1.807) is 0 Å². The molecule has 1 aromatic rings. The largest absolute Gasteiger partial charge is 0.465 e. The second-order valence-electron chi connectivity index (χ2n) is 8.17. The lowest BCUT2D eigenvalue weighted by molar-refractivity contribution is -0.0129. The Bertz CT molecular complexity index is 682. The summed E-state index contributed by atoms with van der Waals surface area (Å²) in [6, 6.07) is 2.19. The van der Waals surface area contributed by atoms with E-state index in [4.69, 9.17) is 4.42 Å². The van der Waals surface area contributed by atoms with Gasteiger partial charge in [-0.25, -0.2) is 0 Å². The molecule has 0 radical (unpaired) electrons. The standard InChI is InChI=1S/C20H24O2/c1-19-7-5-17-15(6-9-22-17)16(19)4-8-20-10-13(2-3-18(19)20)14(11-20)12-21/h5-7,9,11,13,16,18,21H,2-4,8,10,12H2,1H3. The fourth-order valence-corrected chi connectivity index (χ4v) is 6.47. The highest BCUT2D eigenvalue weighted by molar-refractivity contribution is 5.56. The lowest BCUT2D eigenvalue weighted by atomic mass is 9.46. The molecule has 4 aliphatic carbocycles. The lowest BCUT2D eigenvalue weighted by Gasteiger charge is -2.57. The van der Waals surface area contributed by atoms with E-state index in [0.717, 1.165) is 5.76 Å². The van der Waals surface area contributed by atoms with E-state index < -0.39 is 0 Å². The zero-order valence-corrected chi connectivity index (χ0v) is 13.2. The average molecular weight is 296 g/mol. The minimum atomic E-state index is 0.238. The molecule has 2 nitrogen and oxygen atoms in total. The van der Waals surface area contributed by atoms with Crippen molar-refractivity contribution in [3.05, 3.63) is 41.4 Å². The van der Waals surface area contributed by atoms with Gasteiger partial charge in [-0.3, -0.25) is 0 Å². The summed E-state index contributed by atoms with van der Waals surface area (Å²) in [6.45, 7) is 2.74. The highest BCUT2D eigenvalue weighted by Crippen LogP contribution is 2.68. The first-order chi connectivity index (χ1) is 10.7. The lowest BCUT2D eigenvalue weighted by Crippen LogP contribution is -2.49. The molecular formula is C20H24O2. The van der Waals surface area contributed by atoms with Crippen molar-refractivity contribution >= 4 is 6.08 Å². The van der Waals surface area contributed by atoms with Gasteiger partial charge in [0.05, 0.1) is 12.9 Å². The Morgan fingerprint density at radius 2 is 2.23 bits per heavy atom. The molecule has 2 fully saturated rings. The molecule has 0 aliphatic heterocycles. The first-order valence-electron chi connectivity index (χ1n) is 8.75. The van der Waals surface area contributed by atoms with Gasteiger partial charge in [-0.2, -0.15) is 0 Å². The molecule has 116 valence electrons. The van der Waals surface area contributed by atoms with Gasteiger partial charge in [0.15, 0.2) is 0 Å². The van der Waals surface area contributed by atoms with Crippen molar-refractivity contribution in [2.45, 2.75) is 44.9 Å². The maximum Gasteiger partial charge on any atom is 0.129 e.